The lowest BCUT2D eigenvalue weighted by molar-refractivity contribution is 0.314. The summed E-state index contributed by atoms with van der Waals surface area (Å²) in [6.45, 7) is 8.62. The van der Waals surface area contributed by atoms with Gasteiger partial charge < -0.3 is 27.0 Å². The topological polar surface area (TPSA) is 91.7 Å². The second-order valence-corrected chi connectivity index (χ2v) is 7.42. The van der Waals surface area contributed by atoms with Crippen LogP contribution < -0.4 is 22.1 Å². The number of aliphatic imine (C=N–C) groups is 1. The second kappa shape index (κ2) is 5.85. The number of guanidine groups is 1. The first-order chi connectivity index (χ1) is 9.71. The monoisotopic (exact) mass is 294 g/mol. The summed E-state index contributed by atoms with van der Waals surface area (Å²) >= 11 is 0. The molecule has 6 N–H and O–H groups in total. The molecular formula is C15H30N6. The van der Waals surface area contributed by atoms with E-state index in [1.807, 2.05) is 13.1 Å². The van der Waals surface area contributed by atoms with Crippen LogP contribution in [0.2, 0.25) is 0 Å². The third kappa shape index (κ3) is 4.35. The molecule has 2 rings (SSSR count). The Balaban J connectivity index is 2.09. The first-order valence-corrected chi connectivity index (χ1v) is 7.77. The van der Waals surface area contributed by atoms with Crippen LogP contribution in [0.5, 0.6) is 0 Å². The van der Waals surface area contributed by atoms with Gasteiger partial charge in [0.25, 0.3) is 0 Å². The molecule has 0 amide bonds. The lowest BCUT2D eigenvalue weighted by Crippen LogP contribution is -2.50. The first-order valence-electron chi connectivity index (χ1n) is 7.77. The molecule has 21 heavy (non-hydrogen) atoms. The van der Waals surface area contributed by atoms with Crippen LogP contribution in [-0.4, -0.2) is 42.7 Å². The lowest BCUT2D eigenvalue weighted by atomic mass is 9.86. The standard InChI is InChI=1S/C15H30N6/c1-14(2,3)6-7-15(17)9-12(19-13(16)20-15)21-8-5-11(10-21)18-4/h9,11,18H,5-8,10,17H2,1-4H3,(H3,16,19,20)/t11-,15?/m0/s1. The van der Waals surface area contributed by atoms with E-state index < -0.39 is 5.66 Å². The van der Waals surface area contributed by atoms with E-state index in [0.29, 0.717) is 12.0 Å². The Morgan fingerprint density at radius 2 is 2.24 bits per heavy atom. The molecule has 6 nitrogen and oxygen atoms in total. The first kappa shape index (κ1) is 16.1. The van der Waals surface area contributed by atoms with Gasteiger partial charge in [0.1, 0.15) is 11.5 Å². The van der Waals surface area contributed by atoms with E-state index in [2.05, 4.69) is 41.3 Å². The van der Waals surface area contributed by atoms with Gasteiger partial charge >= 0.3 is 0 Å². The molecule has 0 saturated carbocycles. The quantitative estimate of drug-likeness (QED) is 0.607. The molecule has 2 aliphatic rings. The fourth-order valence-corrected chi connectivity index (χ4v) is 2.78. The molecule has 0 radical (unpaired) electrons. The smallest absolute Gasteiger partial charge is 0.196 e. The molecule has 2 aliphatic heterocycles. The number of nitrogens with one attached hydrogen (secondary N) is 2. The minimum absolute atomic E-state index is 0.237. The van der Waals surface area contributed by atoms with Crippen LogP contribution in [0, 0.1) is 5.41 Å². The van der Waals surface area contributed by atoms with E-state index in [1.54, 1.807) is 0 Å². The lowest BCUT2D eigenvalue weighted by Gasteiger charge is -2.34. The molecule has 120 valence electrons. The Morgan fingerprint density at radius 1 is 1.52 bits per heavy atom. The number of hydrogen-bond donors (Lipinski definition) is 4. The van der Waals surface area contributed by atoms with E-state index in [0.717, 1.165) is 38.2 Å². The zero-order valence-corrected chi connectivity index (χ0v) is 13.7. The Bertz CT molecular complexity index is 436. The minimum atomic E-state index is -0.699. The molecular weight excluding hydrogens is 264 g/mol. The number of nitrogens with two attached hydrogens (primary N) is 2. The van der Waals surface area contributed by atoms with Crippen LogP contribution in [-0.2, 0) is 0 Å². The third-order valence-electron chi connectivity index (χ3n) is 4.18. The van der Waals surface area contributed by atoms with Crippen molar-refractivity contribution in [2.24, 2.45) is 21.9 Å². The van der Waals surface area contributed by atoms with Gasteiger partial charge in [-0.2, -0.15) is 0 Å². The SMILES string of the molecule is CN[C@H]1CCN(C2=CC(N)(CCC(C)(C)C)N=C(N)N2)C1. The Morgan fingerprint density at radius 3 is 2.81 bits per heavy atom. The number of hydrogen-bond acceptors (Lipinski definition) is 6. The normalized spacial score (nSPS) is 30.0. The average molecular weight is 294 g/mol. The number of rotatable bonds is 4. The van der Waals surface area contributed by atoms with Crippen molar-refractivity contribution >= 4 is 5.96 Å². The Kier molecular flexibility index (Phi) is 4.49. The van der Waals surface area contributed by atoms with E-state index in [4.69, 9.17) is 11.5 Å². The van der Waals surface area contributed by atoms with Gasteiger partial charge in [-0.05, 0) is 37.8 Å². The maximum Gasteiger partial charge on any atom is 0.196 e. The fourth-order valence-electron chi connectivity index (χ4n) is 2.78. The summed E-state index contributed by atoms with van der Waals surface area (Å²) in [4.78, 5) is 6.71. The van der Waals surface area contributed by atoms with Crippen molar-refractivity contribution in [2.75, 3.05) is 20.1 Å². The van der Waals surface area contributed by atoms with E-state index >= 15 is 0 Å². The summed E-state index contributed by atoms with van der Waals surface area (Å²) in [6, 6.07) is 0.523. The maximum atomic E-state index is 6.46. The van der Waals surface area contributed by atoms with Crippen LogP contribution in [0.25, 0.3) is 0 Å². The molecule has 1 saturated heterocycles. The summed E-state index contributed by atoms with van der Waals surface area (Å²) in [5.41, 5.74) is 11.9. The van der Waals surface area contributed by atoms with Gasteiger partial charge in [0.15, 0.2) is 5.96 Å². The van der Waals surface area contributed by atoms with Crippen LogP contribution in [0.3, 0.4) is 0 Å². The molecule has 1 unspecified atom stereocenters. The van der Waals surface area contributed by atoms with Crippen molar-refractivity contribution in [3.05, 3.63) is 11.9 Å². The van der Waals surface area contributed by atoms with Crippen molar-refractivity contribution < 1.29 is 0 Å². The highest BCUT2D eigenvalue weighted by atomic mass is 15.3. The van der Waals surface area contributed by atoms with Crippen molar-refractivity contribution in [1.82, 2.24) is 15.5 Å². The molecule has 2 heterocycles. The highest BCUT2D eigenvalue weighted by molar-refractivity contribution is 5.81. The van der Waals surface area contributed by atoms with Gasteiger partial charge in [0.2, 0.25) is 0 Å². The van der Waals surface area contributed by atoms with Crippen molar-refractivity contribution in [3.8, 4) is 0 Å². The molecule has 0 aromatic rings. The molecule has 0 aromatic heterocycles. The fraction of sp³-hybridized carbons (Fsp3) is 0.800. The van der Waals surface area contributed by atoms with Gasteiger partial charge in [-0.3, -0.25) is 0 Å². The third-order valence-corrected chi connectivity index (χ3v) is 4.18. The zero-order chi connectivity index (χ0) is 15.7. The summed E-state index contributed by atoms with van der Waals surface area (Å²) in [5, 5.41) is 6.48. The van der Waals surface area contributed by atoms with Crippen LogP contribution in [0.4, 0.5) is 0 Å². The summed E-state index contributed by atoms with van der Waals surface area (Å²) in [7, 11) is 2.00. The van der Waals surface area contributed by atoms with E-state index in [9.17, 15) is 0 Å². The molecule has 2 atom stereocenters. The molecule has 0 spiro atoms. The minimum Gasteiger partial charge on any atom is -0.370 e. The second-order valence-electron chi connectivity index (χ2n) is 7.42. The predicted octanol–water partition coefficient (Wildman–Crippen LogP) is 0.521. The van der Waals surface area contributed by atoms with Crippen LogP contribution in [0.1, 0.15) is 40.0 Å². The average Bonchev–Trinajstić information content (AvgIpc) is 2.83. The van der Waals surface area contributed by atoms with Crippen molar-refractivity contribution in [2.45, 2.75) is 51.7 Å². The van der Waals surface area contributed by atoms with Gasteiger partial charge in [0, 0.05) is 19.1 Å². The van der Waals surface area contributed by atoms with Crippen LogP contribution in [0.15, 0.2) is 16.9 Å². The predicted molar refractivity (Wildman–Crippen MR) is 87.5 cm³/mol. The molecule has 0 bridgehead atoms. The van der Waals surface area contributed by atoms with Crippen molar-refractivity contribution in [1.29, 1.82) is 0 Å². The summed E-state index contributed by atoms with van der Waals surface area (Å²) in [6.07, 6.45) is 4.97. The van der Waals surface area contributed by atoms with Gasteiger partial charge in [-0.15, -0.1) is 0 Å². The maximum absolute atomic E-state index is 6.46. The highest BCUT2D eigenvalue weighted by Gasteiger charge is 2.32. The van der Waals surface area contributed by atoms with Gasteiger partial charge in [-0.1, -0.05) is 20.8 Å². The zero-order valence-electron chi connectivity index (χ0n) is 13.7. The number of likely N-dealkylation sites (tertiary alicyclic amines) is 1. The van der Waals surface area contributed by atoms with Gasteiger partial charge in [-0.25, -0.2) is 4.99 Å². The van der Waals surface area contributed by atoms with Crippen molar-refractivity contribution in [3.63, 3.8) is 0 Å². The van der Waals surface area contributed by atoms with E-state index in [1.165, 1.54) is 0 Å². The Labute approximate surface area is 128 Å². The summed E-state index contributed by atoms with van der Waals surface area (Å²) < 4.78 is 0. The molecule has 0 aliphatic carbocycles. The number of nitrogens with zero attached hydrogens (tertiary/aromatic N) is 2. The molecule has 6 heteroatoms. The highest BCUT2D eigenvalue weighted by Crippen LogP contribution is 2.28. The molecule has 1 fully saturated rings. The van der Waals surface area contributed by atoms with E-state index in [-0.39, 0.29) is 5.41 Å². The largest absolute Gasteiger partial charge is 0.370 e. The van der Waals surface area contributed by atoms with Gasteiger partial charge in [0.05, 0.1) is 0 Å². The molecule has 0 aromatic carbocycles. The Hall–Kier alpha value is -1.27. The summed E-state index contributed by atoms with van der Waals surface area (Å²) in [5.74, 6) is 1.41. The van der Waals surface area contributed by atoms with Crippen LogP contribution >= 0.6 is 0 Å². The number of likely N-dealkylation sites (N-methyl/N-ethyl adjacent to an activating group) is 1.